The molecule has 0 aliphatic heterocycles. The Balaban J connectivity index is 4.30. The van der Waals surface area contributed by atoms with Crippen LogP contribution < -0.4 is 0 Å². The van der Waals surface area contributed by atoms with Gasteiger partial charge in [-0.05, 0) is 57.8 Å². The highest BCUT2D eigenvalue weighted by molar-refractivity contribution is 5.71. The van der Waals surface area contributed by atoms with Gasteiger partial charge < -0.3 is 14.2 Å². The molecule has 0 radical (unpaired) electrons. The molecule has 0 aromatic heterocycles. The highest BCUT2D eigenvalue weighted by Gasteiger charge is 2.19. The van der Waals surface area contributed by atoms with E-state index < -0.39 is 6.10 Å². The number of rotatable bonds is 54. The number of unbranched alkanes of at least 4 members (excludes halogenated alkanes) is 37. The van der Waals surface area contributed by atoms with Crippen molar-refractivity contribution in [1.82, 2.24) is 0 Å². The number of hydrogen-bond donors (Lipinski definition) is 0. The molecule has 0 aliphatic carbocycles. The second kappa shape index (κ2) is 56.2. The highest BCUT2D eigenvalue weighted by atomic mass is 16.6. The lowest BCUT2D eigenvalue weighted by Crippen LogP contribution is -2.30. The first-order valence-corrected chi connectivity index (χ1v) is 29.5. The molecule has 6 nitrogen and oxygen atoms in total. The third kappa shape index (κ3) is 54.4. The molecular formula is C61H112O6. The van der Waals surface area contributed by atoms with E-state index in [1.54, 1.807) is 0 Å². The summed E-state index contributed by atoms with van der Waals surface area (Å²) >= 11 is 0. The average molecular weight is 942 g/mol. The van der Waals surface area contributed by atoms with E-state index in [9.17, 15) is 14.4 Å². The second-order valence-corrected chi connectivity index (χ2v) is 19.9. The molecule has 392 valence electrons. The van der Waals surface area contributed by atoms with E-state index >= 15 is 0 Å². The zero-order chi connectivity index (χ0) is 48.6. The lowest BCUT2D eigenvalue weighted by atomic mass is 10.0. The number of ether oxygens (including phenoxy) is 3. The van der Waals surface area contributed by atoms with Crippen molar-refractivity contribution in [3.05, 3.63) is 36.5 Å². The molecule has 0 saturated carbocycles. The van der Waals surface area contributed by atoms with Gasteiger partial charge in [0.2, 0.25) is 0 Å². The van der Waals surface area contributed by atoms with Gasteiger partial charge in [0.05, 0.1) is 0 Å². The lowest BCUT2D eigenvalue weighted by Gasteiger charge is -2.18. The maximum Gasteiger partial charge on any atom is 0.306 e. The second-order valence-electron chi connectivity index (χ2n) is 19.9. The van der Waals surface area contributed by atoms with Crippen LogP contribution in [0.5, 0.6) is 0 Å². The summed E-state index contributed by atoms with van der Waals surface area (Å²) in [6.45, 7) is 6.63. The molecule has 0 amide bonds. The van der Waals surface area contributed by atoms with E-state index in [1.165, 1.54) is 193 Å². The lowest BCUT2D eigenvalue weighted by molar-refractivity contribution is -0.167. The van der Waals surface area contributed by atoms with Crippen LogP contribution >= 0.6 is 0 Å². The molecule has 0 unspecified atom stereocenters. The van der Waals surface area contributed by atoms with E-state index in [1.807, 2.05) is 0 Å². The number of esters is 3. The smallest absolute Gasteiger partial charge is 0.306 e. The summed E-state index contributed by atoms with van der Waals surface area (Å²) in [5.41, 5.74) is 0. The van der Waals surface area contributed by atoms with Crippen LogP contribution in [0.1, 0.15) is 316 Å². The number of hydrogen-bond acceptors (Lipinski definition) is 6. The number of carbonyl (C=O) groups is 3. The van der Waals surface area contributed by atoms with Crippen LogP contribution in [0.2, 0.25) is 0 Å². The van der Waals surface area contributed by atoms with Gasteiger partial charge in [-0.25, -0.2) is 0 Å². The third-order valence-electron chi connectivity index (χ3n) is 13.1. The van der Waals surface area contributed by atoms with Gasteiger partial charge in [-0.3, -0.25) is 14.4 Å². The van der Waals surface area contributed by atoms with Crippen molar-refractivity contribution < 1.29 is 28.6 Å². The Labute approximate surface area is 416 Å². The number of carbonyl (C=O) groups excluding carboxylic acids is 3. The summed E-state index contributed by atoms with van der Waals surface area (Å²) in [6.07, 6.45) is 67.1. The Morgan fingerprint density at radius 3 is 0.866 bits per heavy atom. The molecule has 0 bridgehead atoms. The first-order valence-electron chi connectivity index (χ1n) is 29.5. The van der Waals surface area contributed by atoms with Crippen LogP contribution in [0.3, 0.4) is 0 Å². The summed E-state index contributed by atoms with van der Waals surface area (Å²) < 4.78 is 16.9. The molecule has 0 rings (SSSR count). The van der Waals surface area contributed by atoms with E-state index in [2.05, 4.69) is 57.2 Å². The van der Waals surface area contributed by atoms with Crippen molar-refractivity contribution in [2.45, 2.75) is 322 Å². The Hall–Kier alpha value is -2.37. The first kappa shape index (κ1) is 64.6. The predicted octanol–water partition coefficient (Wildman–Crippen LogP) is 19.7. The molecule has 0 aromatic carbocycles. The van der Waals surface area contributed by atoms with Crippen LogP contribution in [-0.4, -0.2) is 37.2 Å². The Bertz CT molecular complexity index is 1130. The molecule has 0 saturated heterocycles. The number of allylic oxidation sites excluding steroid dienone is 6. The van der Waals surface area contributed by atoms with Crippen LogP contribution in [0.15, 0.2) is 36.5 Å². The average Bonchev–Trinajstić information content (AvgIpc) is 3.33. The van der Waals surface area contributed by atoms with Crippen molar-refractivity contribution in [3.63, 3.8) is 0 Å². The van der Waals surface area contributed by atoms with Crippen molar-refractivity contribution in [2.75, 3.05) is 13.2 Å². The van der Waals surface area contributed by atoms with Gasteiger partial charge in [-0.1, -0.05) is 276 Å². The van der Waals surface area contributed by atoms with Crippen molar-refractivity contribution in [1.29, 1.82) is 0 Å². The molecule has 0 N–H and O–H groups in total. The van der Waals surface area contributed by atoms with E-state index in [0.29, 0.717) is 19.3 Å². The van der Waals surface area contributed by atoms with E-state index in [-0.39, 0.29) is 31.1 Å². The minimum Gasteiger partial charge on any atom is -0.462 e. The minimum atomic E-state index is -0.777. The van der Waals surface area contributed by atoms with Crippen LogP contribution in [0.25, 0.3) is 0 Å². The maximum absolute atomic E-state index is 12.9. The molecule has 0 aromatic rings. The predicted molar refractivity (Wildman–Crippen MR) is 289 cm³/mol. The molecule has 0 fully saturated rings. The normalized spacial score (nSPS) is 12.2. The summed E-state index contributed by atoms with van der Waals surface area (Å²) in [7, 11) is 0. The summed E-state index contributed by atoms with van der Waals surface area (Å²) in [5.74, 6) is -0.879. The fraction of sp³-hybridized carbons (Fsp3) is 0.852. The van der Waals surface area contributed by atoms with E-state index in [4.69, 9.17) is 14.2 Å². The topological polar surface area (TPSA) is 78.9 Å². The van der Waals surface area contributed by atoms with Crippen LogP contribution in [-0.2, 0) is 28.6 Å². The Kier molecular flexibility index (Phi) is 54.2. The monoisotopic (exact) mass is 941 g/mol. The standard InChI is InChI=1S/C61H112O6/c1-4-7-10-13-16-19-22-24-26-28-29-30-31-33-35-37-40-43-46-49-52-55-61(64)67-58(56-65-59(62)53-50-47-44-41-38-21-18-15-12-9-6-3)57-66-60(63)54-51-48-45-42-39-36-34-32-27-25-23-20-17-14-11-8-5-2/h17,20,25,27,34,36,58H,4-16,18-19,21-24,26,28-33,35,37-57H2,1-3H3/b20-17-,27-25-,36-34-/t58-/m0/s1. The molecule has 67 heavy (non-hydrogen) atoms. The van der Waals surface area contributed by atoms with Crippen LogP contribution in [0.4, 0.5) is 0 Å². The molecule has 0 aliphatic rings. The SMILES string of the molecule is CCCCC/C=C\C/C=C\C/C=C\CCCCCCC(=O)OC[C@H](COC(=O)CCCCCCCCCCCCC)OC(=O)CCCCCCCCCCCCCCCCCCCCCCC. The van der Waals surface area contributed by atoms with Gasteiger partial charge in [0.1, 0.15) is 13.2 Å². The largest absolute Gasteiger partial charge is 0.462 e. The van der Waals surface area contributed by atoms with Gasteiger partial charge >= 0.3 is 17.9 Å². The highest BCUT2D eigenvalue weighted by Crippen LogP contribution is 2.17. The van der Waals surface area contributed by atoms with Gasteiger partial charge in [0, 0.05) is 19.3 Å². The fourth-order valence-corrected chi connectivity index (χ4v) is 8.69. The van der Waals surface area contributed by atoms with Gasteiger partial charge in [-0.15, -0.1) is 0 Å². The Morgan fingerprint density at radius 2 is 0.537 bits per heavy atom. The maximum atomic E-state index is 12.9. The third-order valence-corrected chi connectivity index (χ3v) is 13.1. The molecular weight excluding hydrogens is 829 g/mol. The van der Waals surface area contributed by atoms with Crippen molar-refractivity contribution in [3.8, 4) is 0 Å². The molecule has 6 heteroatoms. The summed E-state index contributed by atoms with van der Waals surface area (Å²) in [6, 6.07) is 0. The minimum absolute atomic E-state index is 0.0747. The molecule has 1 atom stereocenters. The van der Waals surface area contributed by atoms with E-state index in [0.717, 1.165) is 83.5 Å². The first-order chi connectivity index (χ1) is 33.0. The van der Waals surface area contributed by atoms with Crippen molar-refractivity contribution in [2.24, 2.45) is 0 Å². The van der Waals surface area contributed by atoms with Gasteiger partial charge in [0.25, 0.3) is 0 Å². The van der Waals surface area contributed by atoms with Gasteiger partial charge in [0.15, 0.2) is 6.10 Å². The van der Waals surface area contributed by atoms with Crippen molar-refractivity contribution >= 4 is 17.9 Å². The molecule has 0 heterocycles. The fourth-order valence-electron chi connectivity index (χ4n) is 8.69. The summed E-state index contributed by atoms with van der Waals surface area (Å²) in [5, 5.41) is 0. The van der Waals surface area contributed by atoms with Crippen LogP contribution in [0, 0.1) is 0 Å². The summed E-state index contributed by atoms with van der Waals surface area (Å²) in [4.78, 5) is 38.1. The zero-order valence-corrected chi connectivity index (χ0v) is 44.9. The van der Waals surface area contributed by atoms with Gasteiger partial charge in [-0.2, -0.15) is 0 Å². The Morgan fingerprint density at radius 1 is 0.299 bits per heavy atom. The zero-order valence-electron chi connectivity index (χ0n) is 44.9. The quantitative estimate of drug-likeness (QED) is 0.0262. The molecule has 0 spiro atoms.